The molecule has 2 N–H and O–H groups in total. The molecule has 1 amide bonds. The summed E-state index contributed by atoms with van der Waals surface area (Å²) >= 11 is -1.54. The van der Waals surface area contributed by atoms with Crippen LogP contribution in [-0.4, -0.2) is 74.6 Å². The highest BCUT2D eigenvalue weighted by Gasteiger charge is 2.31. The number of nitrogens with zero attached hydrogens (tertiary/aromatic N) is 2. The number of allylic oxidation sites excluding steroid dienone is 1. The number of benzene rings is 2. The van der Waals surface area contributed by atoms with Crippen molar-refractivity contribution in [2.24, 2.45) is 4.99 Å². The molecule has 1 atom stereocenters. The number of amides is 1. The van der Waals surface area contributed by atoms with Crippen LogP contribution in [-0.2, 0) is 29.7 Å². The summed E-state index contributed by atoms with van der Waals surface area (Å²) in [6.45, 7) is 8.23. The Morgan fingerprint density at radius 3 is 2.28 bits per heavy atom. The van der Waals surface area contributed by atoms with E-state index >= 15 is 0 Å². The van der Waals surface area contributed by atoms with Crippen LogP contribution in [0.15, 0.2) is 53.0 Å². The fraction of sp³-hybridized carbons (Fsp3) is 0.526. The monoisotopic (exact) mass is 710 g/mol. The van der Waals surface area contributed by atoms with Gasteiger partial charge in [0.15, 0.2) is 11.6 Å². The predicted molar refractivity (Wildman–Crippen MR) is 201 cm³/mol. The van der Waals surface area contributed by atoms with Crippen molar-refractivity contribution in [3.63, 3.8) is 0 Å². The normalized spacial score (nSPS) is 13.9. The maximum absolute atomic E-state index is 13.7. The molecular weight excluding hydrogens is 657 g/mol. The number of methoxy groups -OCH3 is 1. The maximum atomic E-state index is 13.7. The molecule has 1 aliphatic carbocycles. The number of anilines is 2. The average Bonchev–Trinajstić information content (AvgIpc) is 3.12. The van der Waals surface area contributed by atoms with Crippen molar-refractivity contribution in [2.75, 3.05) is 57.3 Å². The number of nitrogens with one attached hydrogen (secondary N) is 2. The minimum atomic E-state index is -1.54. The number of ether oxygens (including phenoxy) is 2. The van der Waals surface area contributed by atoms with Crippen LogP contribution in [0.25, 0.3) is 0 Å². The Morgan fingerprint density at radius 1 is 0.940 bits per heavy atom. The number of carbonyl (C=O) groups is 3. The number of Topliss-reactive ketones (excluding diaryl/α,β-unsaturated/α-hetero) is 2. The Morgan fingerprint density at radius 2 is 1.64 bits per heavy atom. The number of ketones is 2. The van der Waals surface area contributed by atoms with Crippen LogP contribution in [0.5, 0.6) is 0 Å². The molecule has 1 unspecified atom stereocenters. The predicted octanol–water partition coefficient (Wildman–Crippen LogP) is 7.56. The van der Waals surface area contributed by atoms with Gasteiger partial charge >= 0.3 is 6.09 Å². The summed E-state index contributed by atoms with van der Waals surface area (Å²) in [6.07, 6.45) is 12.9. The van der Waals surface area contributed by atoms with E-state index in [2.05, 4.69) is 21.9 Å². The highest BCUT2D eigenvalue weighted by molar-refractivity contribution is 7.78. The zero-order chi connectivity index (χ0) is 36.3. The van der Waals surface area contributed by atoms with Crippen molar-refractivity contribution in [1.82, 2.24) is 4.72 Å². The van der Waals surface area contributed by atoms with Gasteiger partial charge in [-0.1, -0.05) is 76.8 Å². The molecule has 0 aromatic heterocycles. The highest BCUT2D eigenvalue weighted by Crippen LogP contribution is 2.32. The number of hydrogen-bond donors (Lipinski definition) is 2. The smallest absolute Gasteiger partial charge is 0.411 e. The van der Waals surface area contributed by atoms with E-state index in [4.69, 9.17) is 18.6 Å². The minimum Gasteiger partial charge on any atom is -0.453 e. The Bertz CT molecular complexity index is 1520. The van der Waals surface area contributed by atoms with Crippen molar-refractivity contribution in [1.29, 1.82) is 0 Å². The van der Waals surface area contributed by atoms with E-state index in [1.807, 2.05) is 32.0 Å². The number of aryl methyl sites for hydroxylation is 1. The van der Waals surface area contributed by atoms with Crippen molar-refractivity contribution in [2.45, 2.75) is 85.0 Å². The summed E-state index contributed by atoms with van der Waals surface area (Å²) in [4.78, 5) is 46.3. The standard InChI is InChI=1S/C38H54N4O7S/c1-6-8-9-10-11-12-13-14-15-16-24-49-27-35(43)31-26-34(36-30(37(31)44)18-17-19-33(36)41-38(45)47-4)40-32-21-20-29(25-28(32)3)42(7-2)23-22-39-50(46)48-5/h17-21,25-26,39H,6-16,22-24,27H2,1-5H3,(H,41,45). The molecule has 274 valence electrons. The molecule has 12 heteroatoms. The maximum Gasteiger partial charge on any atom is 0.411 e. The SMILES string of the molecule is CCCCCCCCCCCCOCC(=O)C1=CC(=Nc2ccc(N(CC)CCNS(=O)OC)cc2C)c2c(NC(=O)OC)cccc2C1=O. The fourth-order valence-corrected chi connectivity index (χ4v) is 6.19. The molecular formula is C38H54N4O7S. The van der Waals surface area contributed by atoms with Crippen LogP contribution in [0.3, 0.4) is 0 Å². The van der Waals surface area contributed by atoms with Gasteiger partial charge in [-0.25, -0.2) is 18.7 Å². The summed E-state index contributed by atoms with van der Waals surface area (Å²) in [5.41, 5.74) is 3.80. The first-order valence-electron chi connectivity index (χ1n) is 17.7. The Hall–Kier alpha value is -3.71. The van der Waals surface area contributed by atoms with Crippen LogP contribution < -0.4 is 14.9 Å². The van der Waals surface area contributed by atoms with Crippen molar-refractivity contribution < 1.29 is 32.2 Å². The van der Waals surface area contributed by atoms with Gasteiger partial charge in [-0.3, -0.25) is 19.1 Å². The molecule has 0 heterocycles. The van der Waals surface area contributed by atoms with E-state index in [0.717, 1.165) is 37.1 Å². The van der Waals surface area contributed by atoms with Crippen molar-refractivity contribution >= 4 is 51.7 Å². The molecule has 0 radical (unpaired) electrons. The van der Waals surface area contributed by atoms with Gasteiger partial charge < -0.3 is 14.4 Å². The van der Waals surface area contributed by atoms with Crippen LogP contribution in [0.2, 0.25) is 0 Å². The average molecular weight is 711 g/mol. The first kappa shape index (κ1) is 40.7. The molecule has 2 aromatic carbocycles. The number of unbranched alkanes of at least 4 members (excludes halogenated alkanes) is 9. The molecule has 0 saturated carbocycles. The van der Waals surface area contributed by atoms with E-state index in [1.54, 1.807) is 18.2 Å². The molecule has 3 rings (SSSR count). The molecule has 2 aromatic rings. The third-order valence-corrected chi connectivity index (χ3v) is 9.35. The lowest BCUT2D eigenvalue weighted by Gasteiger charge is -2.24. The Labute approximate surface area is 300 Å². The summed E-state index contributed by atoms with van der Waals surface area (Å²) in [5.74, 6) is -0.867. The first-order valence-corrected chi connectivity index (χ1v) is 18.8. The molecule has 1 aliphatic rings. The molecule has 0 saturated heterocycles. The van der Waals surface area contributed by atoms with Gasteiger partial charge in [0.05, 0.1) is 36.9 Å². The summed E-state index contributed by atoms with van der Waals surface area (Å²) in [6, 6.07) is 10.7. The van der Waals surface area contributed by atoms with E-state index in [1.165, 1.54) is 65.2 Å². The molecule has 0 spiro atoms. The van der Waals surface area contributed by atoms with Crippen LogP contribution in [0.4, 0.5) is 21.9 Å². The van der Waals surface area contributed by atoms with Gasteiger partial charge in [-0.15, -0.1) is 0 Å². The number of rotatable bonds is 23. The van der Waals surface area contributed by atoms with Gasteiger partial charge in [-0.05, 0) is 56.2 Å². The van der Waals surface area contributed by atoms with Gasteiger partial charge in [0.2, 0.25) is 11.3 Å². The van der Waals surface area contributed by atoms with E-state index in [9.17, 15) is 18.6 Å². The molecule has 0 bridgehead atoms. The van der Waals surface area contributed by atoms with Crippen LogP contribution in [0.1, 0.15) is 99.5 Å². The van der Waals surface area contributed by atoms with E-state index in [0.29, 0.717) is 42.3 Å². The lowest BCUT2D eigenvalue weighted by atomic mass is 9.86. The second-order valence-electron chi connectivity index (χ2n) is 12.2. The third-order valence-electron chi connectivity index (χ3n) is 8.61. The second-order valence-corrected chi connectivity index (χ2v) is 13.3. The van der Waals surface area contributed by atoms with Crippen molar-refractivity contribution in [3.05, 3.63) is 64.7 Å². The van der Waals surface area contributed by atoms with Crippen molar-refractivity contribution in [3.8, 4) is 0 Å². The number of likely N-dealkylation sites (N-methyl/N-ethyl adjacent to an activating group) is 1. The lowest BCUT2D eigenvalue weighted by molar-refractivity contribution is -0.119. The third kappa shape index (κ3) is 12.6. The summed E-state index contributed by atoms with van der Waals surface area (Å²) in [5, 5.41) is 2.68. The molecule has 0 aliphatic heterocycles. The van der Waals surface area contributed by atoms with Gasteiger partial charge in [-0.2, -0.15) is 0 Å². The van der Waals surface area contributed by atoms with E-state index < -0.39 is 28.9 Å². The zero-order valence-corrected chi connectivity index (χ0v) is 31.1. The number of aliphatic imine (C=N–C) groups is 1. The van der Waals surface area contributed by atoms with Crippen LogP contribution >= 0.6 is 0 Å². The first-order chi connectivity index (χ1) is 24.2. The number of hydrogen-bond acceptors (Lipinski definition) is 9. The Balaban J connectivity index is 1.77. The van der Waals surface area contributed by atoms with E-state index in [-0.39, 0.29) is 17.7 Å². The summed E-state index contributed by atoms with van der Waals surface area (Å²) < 4.78 is 29.7. The largest absolute Gasteiger partial charge is 0.453 e. The lowest BCUT2D eigenvalue weighted by Crippen LogP contribution is -2.33. The fourth-order valence-electron chi connectivity index (χ4n) is 5.82. The molecule has 0 fully saturated rings. The van der Waals surface area contributed by atoms with Crippen LogP contribution in [0, 0.1) is 6.92 Å². The topological polar surface area (TPSA) is 136 Å². The molecule has 11 nitrogen and oxygen atoms in total. The van der Waals surface area contributed by atoms with Gasteiger partial charge in [0.1, 0.15) is 6.61 Å². The highest BCUT2D eigenvalue weighted by atomic mass is 32.2. The minimum absolute atomic E-state index is 0.0121. The van der Waals surface area contributed by atoms with Gasteiger partial charge in [0, 0.05) is 43.1 Å². The Kier molecular flexibility index (Phi) is 18.1. The zero-order valence-electron chi connectivity index (χ0n) is 30.3. The number of fused-ring (bicyclic) bond motifs is 1. The number of carbonyl (C=O) groups excluding carboxylic acids is 3. The second kappa shape index (κ2) is 22.2. The molecule has 50 heavy (non-hydrogen) atoms. The van der Waals surface area contributed by atoms with Gasteiger partial charge in [0.25, 0.3) is 0 Å². The quantitative estimate of drug-likeness (QED) is 0.0891. The summed E-state index contributed by atoms with van der Waals surface area (Å²) in [7, 11) is 2.63.